The largest absolute Gasteiger partial charge is 0.750 e. The molecule has 3 rings (SSSR count). The van der Waals surface area contributed by atoms with Crippen molar-refractivity contribution in [3.63, 3.8) is 0 Å². The van der Waals surface area contributed by atoms with Crippen molar-refractivity contribution in [1.29, 1.82) is 0 Å². The van der Waals surface area contributed by atoms with Gasteiger partial charge in [-0.05, 0) is 42.5 Å². The summed E-state index contributed by atoms with van der Waals surface area (Å²) in [5.41, 5.74) is 0.882. The number of ether oxygens (including phenoxy) is 2. The summed E-state index contributed by atoms with van der Waals surface area (Å²) >= 11 is -2.61. The molecule has 1 heterocycles. The van der Waals surface area contributed by atoms with Crippen molar-refractivity contribution in [2.45, 2.75) is 19.4 Å². The minimum Gasteiger partial charge on any atom is -0.750 e. The van der Waals surface area contributed by atoms with E-state index in [2.05, 4.69) is 4.90 Å². The summed E-state index contributed by atoms with van der Waals surface area (Å²) in [5.74, 6) is 0.0468. The number of morpholine rings is 1. The molecule has 0 radical (unpaired) electrons. The summed E-state index contributed by atoms with van der Waals surface area (Å²) in [6, 6.07) is 4.92. The van der Waals surface area contributed by atoms with Crippen molar-refractivity contribution in [2.24, 2.45) is 5.92 Å². The van der Waals surface area contributed by atoms with Crippen LogP contribution in [0.15, 0.2) is 18.2 Å². The van der Waals surface area contributed by atoms with Gasteiger partial charge in [-0.1, -0.05) is 0 Å². The summed E-state index contributed by atoms with van der Waals surface area (Å²) < 4.78 is 37.6. The van der Waals surface area contributed by atoms with Crippen LogP contribution in [0.1, 0.15) is 28.8 Å². The Morgan fingerprint density at radius 1 is 1.31 bits per heavy atom. The van der Waals surface area contributed by atoms with E-state index < -0.39 is 17.3 Å². The molecule has 0 bridgehead atoms. The van der Waals surface area contributed by atoms with Crippen LogP contribution < -0.4 is 4.74 Å². The number of carbonyl (C=O) groups is 1. The van der Waals surface area contributed by atoms with E-state index in [1.54, 1.807) is 6.07 Å². The van der Waals surface area contributed by atoms with E-state index in [-0.39, 0.29) is 12.3 Å². The number of benzene rings is 1. The molecule has 2 aliphatic rings. The van der Waals surface area contributed by atoms with Gasteiger partial charge in [0.1, 0.15) is 12.5 Å². The molecule has 162 valence electrons. The van der Waals surface area contributed by atoms with Crippen molar-refractivity contribution < 1.29 is 32.3 Å². The van der Waals surface area contributed by atoms with E-state index in [1.165, 1.54) is 6.07 Å². The number of carboxylic acids is 1. The first-order valence-corrected chi connectivity index (χ1v) is 10.7. The molecular weight excluding hydrogens is 400 g/mol. The third kappa shape index (κ3) is 8.00. The molecule has 9 nitrogen and oxygen atoms in total. The number of hydrogen-bond donors (Lipinski definition) is 1. The van der Waals surface area contributed by atoms with Crippen LogP contribution in [-0.2, 0) is 26.8 Å². The molecule has 1 N–H and O–H groups in total. The van der Waals surface area contributed by atoms with Gasteiger partial charge in [0.15, 0.2) is 0 Å². The molecule has 1 aromatic carbocycles. The standard InChI is InChI=1S/C19H28N2O7S/c22-19(23)17-9-16(10-18(11-17)27-13-15-1-2-15)12-21(14-28-29(24)25)4-3-20-5-7-26-8-6-20/h9-11,15H,1-8,12-14H2,(H,22,23)(H,24,25)/p-1. The van der Waals surface area contributed by atoms with Gasteiger partial charge in [-0.25, -0.2) is 9.00 Å². The normalized spacial score (nSPS) is 18.7. The lowest BCUT2D eigenvalue weighted by molar-refractivity contribution is 0.0273. The van der Waals surface area contributed by atoms with Crippen LogP contribution in [0, 0.1) is 5.92 Å². The van der Waals surface area contributed by atoms with Gasteiger partial charge < -0.3 is 19.1 Å². The maximum Gasteiger partial charge on any atom is 0.335 e. The highest BCUT2D eigenvalue weighted by atomic mass is 32.2. The Labute approximate surface area is 173 Å². The second kappa shape index (κ2) is 11.0. The Bertz CT molecular complexity index is 708. The molecule has 0 spiro atoms. The third-order valence-corrected chi connectivity index (χ3v) is 5.27. The molecule has 1 aliphatic heterocycles. The van der Waals surface area contributed by atoms with Gasteiger partial charge in [-0.2, -0.15) is 0 Å². The second-order valence-electron chi connectivity index (χ2n) is 7.38. The number of nitrogens with zero attached hydrogens (tertiary/aromatic N) is 2. The van der Waals surface area contributed by atoms with Crippen LogP contribution in [0.25, 0.3) is 0 Å². The quantitative estimate of drug-likeness (QED) is 0.387. The molecule has 10 heteroatoms. The molecular formula is C19H27N2O7S-. The third-order valence-electron chi connectivity index (χ3n) is 4.97. The lowest BCUT2D eigenvalue weighted by Gasteiger charge is -2.30. The molecule has 2 fully saturated rings. The lowest BCUT2D eigenvalue weighted by Crippen LogP contribution is -2.41. The fourth-order valence-corrected chi connectivity index (χ4v) is 3.37. The van der Waals surface area contributed by atoms with Gasteiger partial charge in [0.25, 0.3) is 0 Å². The topological polar surface area (TPSA) is 112 Å². The summed E-state index contributed by atoms with van der Waals surface area (Å²) in [6.45, 7) is 5.17. The zero-order valence-corrected chi connectivity index (χ0v) is 17.1. The average molecular weight is 427 g/mol. The molecule has 1 saturated heterocycles. The summed E-state index contributed by atoms with van der Waals surface area (Å²) in [6.07, 6.45) is 2.29. The van der Waals surface area contributed by atoms with E-state index in [1.807, 2.05) is 11.0 Å². The first kappa shape index (κ1) is 22.1. The minimum atomic E-state index is -2.61. The Balaban J connectivity index is 1.65. The molecule has 1 aliphatic carbocycles. The van der Waals surface area contributed by atoms with Gasteiger partial charge in [-0.15, -0.1) is 0 Å². The van der Waals surface area contributed by atoms with Crippen LogP contribution in [-0.4, -0.2) is 82.4 Å². The van der Waals surface area contributed by atoms with Crippen molar-refractivity contribution in [3.05, 3.63) is 29.3 Å². The van der Waals surface area contributed by atoms with Crippen molar-refractivity contribution in [3.8, 4) is 5.75 Å². The lowest BCUT2D eigenvalue weighted by atomic mass is 10.1. The second-order valence-corrected chi connectivity index (χ2v) is 8.03. The summed E-state index contributed by atoms with van der Waals surface area (Å²) in [4.78, 5) is 15.6. The predicted molar refractivity (Wildman–Crippen MR) is 104 cm³/mol. The smallest absolute Gasteiger partial charge is 0.335 e. The molecule has 1 saturated carbocycles. The van der Waals surface area contributed by atoms with Gasteiger partial charge in [0, 0.05) is 32.7 Å². The molecule has 0 amide bonds. The van der Waals surface area contributed by atoms with Crippen LogP contribution in [0.3, 0.4) is 0 Å². The number of rotatable bonds is 12. The molecule has 29 heavy (non-hydrogen) atoms. The summed E-state index contributed by atoms with van der Waals surface area (Å²) in [5, 5.41) is 9.41. The molecule has 1 atom stereocenters. The molecule has 1 aromatic rings. The fraction of sp³-hybridized carbons (Fsp3) is 0.632. The maximum atomic E-state index is 11.5. The number of hydrogen-bond acceptors (Lipinski definition) is 8. The van der Waals surface area contributed by atoms with Crippen LogP contribution in [0.2, 0.25) is 0 Å². The SMILES string of the molecule is O=C(O)c1cc(CN(CCN2CCOCC2)COS(=O)[O-])cc(OCC2CC2)c1. The highest BCUT2D eigenvalue weighted by Gasteiger charge is 2.22. The molecule has 0 aromatic heterocycles. The van der Waals surface area contributed by atoms with Crippen LogP contribution in [0.4, 0.5) is 0 Å². The Morgan fingerprint density at radius 2 is 2.07 bits per heavy atom. The number of carboxylic acid groups (broad SMARTS) is 1. The van der Waals surface area contributed by atoms with Gasteiger partial charge in [0.2, 0.25) is 0 Å². The van der Waals surface area contributed by atoms with E-state index in [0.717, 1.165) is 38.0 Å². The van der Waals surface area contributed by atoms with E-state index in [9.17, 15) is 18.7 Å². The first-order chi connectivity index (χ1) is 14.0. The zero-order valence-electron chi connectivity index (χ0n) is 16.3. The fourth-order valence-electron chi connectivity index (χ4n) is 3.13. The van der Waals surface area contributed by atoms with Crippen molar-refractivity contribution >= 4 is 17.3 Å². The minimum absolute atomic E-state index is 0.101. The Morgan fingerprint density at radius 3 is 2.72 bits per heavy atom. The monoisotopic (exact) mass is 427 g/mol. The van der Waals surface area contributed by atoms with E-state index in [4.69, 9.17) is 13.7 Å². The van der Waals surface area contributed by atoms with Gasteiger partial charge in [-0.3, -0.25) is 14.0 Å². The average Bonchev–Trinajstić information content (AvgIpc) is 3.53. The Kier molecular flexibility index (Phi) is 8.40. The zero-order chi connectivity index (χ0) is 20.6. The highest BCUT2D eigenvalue weighted by Crippen LogP contribution is 2.30. The summed E-state index contributed by atoms with van der Waals surface area (Å²) in [7, 11) is 0. The van der Waals surface area contributed by atoms with Gasteiger partial charge >= 0.3 is 5.97 Å². The van der Waals surface area contributed by atoms with E-state index >= 15 is 0 Å². The van der Waals surface area contributed by atoms with E-state index in [0.29, 0.717) is 44.6 Å². The molecule has 1 unspecified atom stereocenters. The predicted octanol–water partition coefficient (Wildman–Crippen LogP) is 1.08. The number of aromatic carboxylic acids is 1. The van der Waals surface area contributed by atoms with Crippen molar-refractivity contribution in [1.82, 2.24) is 9.80 Å². The first-order valence-electron chi connectivity index (χ1n) is 9.74. The van der Waals surface area contributed by atoms with Crippen molar-refractivity contribution in [2.75, 3.05) is 52.7 Å². The highest BCUT2D eigenvalue weighted by molar-refractivity contribution is 7.74. The van der Waals surface area contributed by atoms with Crippen LogP contribution >= 0.6 is 0 Å². The van der Waals surface area contributed by atoms with Crippen LogP contribution in [0.5, 0.6) is 5.75 Å². The maximum absolute atomic E-state index is 11.5. The van der Waals surface area contributed by atoms with Gasteiger partial charge in [0.05, 0.1) is 36.7 Å². The Hall–Kier alpha value is -1.56.